The van der Waals surface area contributed by atoms with Gasteiger partial charge in [-0.3, -0.25) is 0 Å². The van der Waals surface area contributed by atoms with Gasteiger partial charge in [0.05, 0.1) is 11.1 Å². The van der Waals surface area contributed by atoms with Crippen LogP contribution >= 0.6 is 0 Å². The van der Waals surface area contributed by atoms with Gasteiger partial charge in [0.25, 0.3) is 0 Å². The van der Waals surface area contributed by atoms with Gasteiger partial charge in [-0.25, -0.2) is 13.4 Å². The molecule has 1 fully saturated rings. The lowest BCUT2D eigenvalue weighted by molar-refractivity contribution is 0.434. The van der Waals surface area contributed by atoms with Gasteiger partial charge in [0.15, 0.2) is 0 Å². The second-order valence-corrected chi connectivity index (χ2v) is 8.51. The van der Waals surface area contributed by atoms with E-state index in [1.807, 2.05) is 19.1 Å². The predicted octanol–water partition coefficient (Wildman–Crippen LogP) is 2.69. The molecule has 1 aromatic carbocycles. The standard InChI is InChI=1S/C18H24N4O2S/c1-3-14-4-6-15(7-5-14)25(23,24)16-12-20-18(21-17(16)19)22-10-8-13(2)9-11-22/h4-7,12-13H,3,8-11H2,1-2H3,(H2,19,20,21). The van der Waals surface area contributed by atoms with E-state index in [0.29, 0.717) is 11.9 Å². The van der Waals surface area contributed by atoms with E-state index in [1.54, 1.807) is 12.1 Å². The maximum atomic E-state index is 12.8. The minimum atomic E-state index is -3.72. The summed E-state index contributed by atoms with van der Waals surface area (Å²) in [6.07, 6.45) is 4.34. The molecule has 0 atom stereocenters. The Hall–Kier alpha value is -2.15. The summed E-state index contributed by atoms with van der Waals surface area (Å²) in [5, 5.41) is 0. The molecule has 0 amide bonds. The van der Waals surface area contributed by atoms with Gasteiger partial charge in [-0.2, -0.15) is 4.98 Å². The first-order chi connectivity index (χ1) is 11.9. The number of piperidine rings is 1. The Balaban J connectivity index is 1.89. The number of anilines is 2. The molecule has 1 aliphatic heterocycles. The third kappa shape index (κ3) is 3.61. The number of hydrogen-bond donors (Lipinski definition) is 1. The number of aromatic nitrogens is 2. The highest BCUT2D eigenvalue weighted by Gasteiger charge is 2.24. The Bertz CT molecular complexity index is 842. The Morgan fingerprint density at radius 2 is 1.84 bits per heavy atom. The van der Waals surface area contributed by atoms with Gasteiger partial charge in [-0.1, -0.05) is 26.0 Å². The molecule has 0 saturated carbocycles. The van der Waals surface area contributed by atoms with Crippen molar-refractivity contribution in [1.82, 2.24) is 9.97 Å². The summed E-state index contributed by atoms with van der Waals surface area (Å²) in [4.78, 5) is 10.8. The highest BCUT2D eigenvalue weighted by molar-refractivity contribution is 7.91. The fourth-order valence-electron chi connectivity index (χ4n) is 2.97. The molecule has 3 rings (SSSR count). The zero-order valence-electron chi connectivity index (χ0n) is 14.6. The predicted molar refractivity (Wildman–Crippen MR) is 98.3 cm³/mol. The van der Waals surface area contributed by atoms with Crippen molar-refractivity contribution in [2.75, 3.05) is 23.7 Å². The lowest BCUT2D eigenvalue weighted by atomic mass is 10.00. The van der Waals surface area contributed by atoms with Crippen LogP contribution in [-0.2, 0) is 16.3 Å². The van der Waals surface area contributed by atoms with Crippen molar-refractivity contribution in [2.24, 2.45) is 5.92 Å². The molecule has 0 spiro atoms. The van der Waals surface area contributed by atoms with Crippen LogP contribution in [0.1, 0.15) is 32.3 Å². The van der Waals surface area contributed by atoms with Crippen molar-refractivity contribution < 1.29 is 8.42 Å². The molecule has 0 bridgehead atoms. The van der Waals surface area contributed by atoms with Crippen molar-refractivity contribution in [1.29, 1.82) is 0 Å². The van der Waals surface area contributed by atoms with Crippen LogP contribution in [0, 0.1) is 5.92 Å². The van der Waals surface area contributed by atoms with Crippen molar-refractivity contribution in [2.45, 2.75) is 42.9 Å². The SMILES string of the molecule is CCc1ccc(S(=O)(=O)c2cnc(N3CCC(C)CC3)nc2N)cc1. The summed E-state index contributed by atoms with van der Waals surface area (Å²) in [5.41, 5.74) is 7.06. The topological polar surface area (TPSA) is 89.2 Å². The molecular weight excluding hydrogens is 336 g/mol. The number of benzene rings is 1. The average Bonchev–Trinajstić information content (AvgIpc) is 2.62. The van der Waals surface area contributed by atoms with Crippen LogP contribution in [0.25, 0.3) is 0 Å². The molecule has 0 aliphatic carbocycles. The molecule has 7 heteroatoms. The van der Waals surface area contributed by atoms with Gasteiger partial charge < -0.3 is 10.6 Å². The second-order valence-electron chi connectivity index (χ2n) is 6.59. The fourth-order valence-corrected chi connectivity index (χ4v) is 4.23. The molecule has 0 radical (unpaired) electrons. The summed E-state index contributed by atoms with van der Waals surface area (Å²) < 4.78 is 25.6. The lowest BCUT2D eigenvalue weighted by Gasteiger charge is -2.30. The van der Waals surface area contributed by atoms with Gasteiger partial charge in [0.1, 0.15) is 10.7 Å². The number of aryl methyl sites for hydroxylation is 1. The maximum absolute atomic E-state index is 12.8. The van der Waals surface area contributed by atoms with E-state index in [2.05, 4.69) is 21.8 Å². The molecule has 2 aromatic rings. The Kier molecular flexibility index (Phi) is 4.94. The van der Waals surface area contributed by atoms with Gasteiger partial charge in [0, 0.05) is 13.1 Å². The van der Waals surface area contributed by atoms with E-state index in [-0.39, 0.29) is 15.6 Å². The van der Waals surface area contributed by atoms with E-state index in [4.69, 9.17) is 5.73 Å². The molecule has 0 unspecified atom stereocenters. The highest BCUT2D eigenvalue weighted by atomic mass is 32.2. The summed E-state index contributed by atoms with van der Waals surface area (Å²) >= 11 is 0. The third-order valence-corrected chi connectivity index (χ3v) is 6.55. The number of sulfone groups is 1. The largest absolute Gasteiger partial charge is 0.382 e. The molecular formula is C18H24N4O2S. The van der Waals surface area contributed by atoms with Crippen LogP contribution in [0.2, 0.25) is 0 Å². The molecule has 25 heavy (non-hydrogen) atoms. The maximum Gasteiger partial charge on any atom is 0.227 e. The van der Waals surface area contributed by atoms with Crippen LogP contribution in [0.4, 0.5) is 11.8 Å². The number of nitrogens with two attached hydrogens (primary N) is 1. The monoisotopic (exact) mass is 360 g/mol. The van der Waals surface area contributed by atoms with E-state index in [9.17, 15) is 8.42 Å². The molecule has 1 aliphatic rings. The van der Waals surface area contributed by atoms with E-state index in [0.717, 1.165) is 37.9 Å². The molecule has 6 nitrogen and oxygen atoms in total. The quantitative estimate of drug-likeness (QED) is 0.902. The normalized spacial score (nSPS) is 16.2. The van der Waals surface area contributed by atoms with Crippen LogP contribution in [0.5, 0.6) is 0 Å². The van der Waals surface area contributed by atoms with Crippen molar-refractivity contribution in [3.8, 4) is 0 Å². The van der Waals surface area contributed by atoms with Gasteiger partial charge in [-0.05, 0) is 42.9 Å². The second kappa shape index (κ2) is 7.00. The zero-order valence-corrected chi connectivity index (χ0v) is 15.5. The Morgan fingerprint density at radius 3 is 2.40 bits per heavy atom. The van der Waals surface area contributed by atoms with Gasteiger partial charge >= 0.3 is 0 Å². The lowest BCUT2D eigenvalue weighted by Crippen LogP contribution is -2.34. The minimum Gasteiger partial charge on any atom is -0.382 e. The first kappa shape index (κ1) is 17.7. The fraction of sp³-hybridized carbons (Fsp3) is 0.444. The molecule has 2 heterocycles. The van der Waals surface area contributed by atoms with E-state index < -0.39 is 9.84 Å². The molecule has 1 aromatic heterocycles. The number of rotatable bonds is 4. The molecule has 134 valence electrons. The average molecular weight is 360 g/mol. The van der Waals surface area contributed by atoms with Crippen LogP contribution in [0.15, 0.2) is 40.3 Å². The van der Waals surface area contributed by atoms with E-state index in [1.165, 1.54) is 6.20 Å². The zero-order chi connectivity index (χ0) is 18.0. The van der Waals surface area contributed by atoms with Crippen molar-refractivity contribution in [3.05, 3.63) is 36.0 Å². The summed E-state index contributed by atoms with van der Waals surface area (Å²) in [6, 6.07) is 6.83. The highest BCUT2D eigenvalue weighted by Crippen LogP contribution is 2.27. The van der Waals surface area contributed by atoms with Crippen molar-refractivity contribution >= 4 is 21.6 Å². The summed E-state index contributed by atoms with van der Waals surface area (Å²) in [5.74, 6) is 1.20. The number of hydrogen-bond acceptors (Lipinski definition) is 6. The minimum absolute atomic E-state index is 0.00295. The molecule has 1 saturated heterocycles. The van der Waals surface area contributed by atoms with Gasteiger partial charge in [-0.15, -0.1) is 0 Å². The van der Waals surface area contributed by atoms with Crippen molar-refractivity contribution in [3.63, 3.8) is 0 Å². The summed E-state index contributed by atoms with van der Waals surface area (Å²) in [7, 11) is -3.72. The third-order valence-electron chi connectivity index (χ3n) is 4.77. The Morgan fingerprint density at radius 1 is 1.20 bits per heavy atom. The first-order valence-electron chi connectivity index (χ1n) is 8.63. The molecule has 2 N–H and O–H groups in total. The van der Waals surface area contributed by atoms with Crippen LogP contribution < -0.4 is 10.6 Å². The van der Waals surface area contributed by atoms with E-state index >= 15 is 0 Å². The first-order valence-corrected chi connectivity index (χ1v) is 10.1. The number of nitrogen functional groups attached to an aromatic ring is 1. The summed E-state index contributed by atoms with van der Waals surface area (Å²) in [6.45, 7) is 5.98. The van der Waals surface area contributed by atoms with Gasteiger partial charge in [0.2, 0.25) is 15.8 Å². The van der Waals surface area contributed by atoms with Crippen LogP contribution in [0.3, 0.4) is 0 Å². The number of nitrogens with zero attached hydrogens (tertiary/aromatic N) is 3. The Labute approximate surface area is 149 Å². The smallest absolute Gasteiger partial charge is 0.227 e. The van der Waals surface area contributed by atoms with Crippen LogP contribution in [-0.4, -0.2) is 31.5 Å².